The van der Waals surface area contributed by atoms with Gasteiger partial charge in [-0.25, -0.2) is 0 Å². The summed E-state index contributed by atoms with van der Waals surface area (Å²) in [6.07, 6.45) is 0.935. The molecule has 0 aromatic carbocycles. The highest BCUT2D eigenvalue weighted by atomic mass is 32.1. The molecule has 0 aliphatic carbocycles. The van der Waals surface area contributed by atoms with E-state index in [1.54, 1.807) is 18.4 Å². The van der Waals surface area contributed by atoms with E-state index in [-0.39, 0.29) is 5.60 Å². The second-order valence-electron chi connectivity index (χ2n) is 4.21. The van der Waals surface area contributed by atoms with E-state index in [1.165, 1.54) is 4.88 Å². The Labute approximate surface area is 105 Å². The molecule has 1 unspecified atom stereocenters. The number of ether oxygens (including phenoxy) is 2. The smallest absolute Gasteiger partial charge is 0.106 e. The van der Waals surface area contributed by atoms with Crippen LogP contribution in [0.15, 0.2) is 11.4 Å². The molecule has 0 bridgehead atoms. The quantitative estimate of drug-likeness (QED) is 0.863. The summed E-state index contributed by atoms with van der Waals surface area (Å²) >= 11 is 1.61. The zero-order valence-electron chi connectivity index (χ0n) is 9.86. The third kappa shape index (κ3) is 3.05. The maximum Gasteiger partial charge on any atom is 0.106 e. The summed E-state index contributed by atoms with van der Waals surface area (Å²) in [6, 6.07) is 4.05. The Morgan fingerprint density at radius 2 is 2.59 bits per heavy atom. The largest absolute Gasteiger partial charge is 0.378 e. The molecule has 0 radical (unpaired) electrons. The summed E-state index contributed by atoms with van der Waals surface area (Å²) in [6.45, 7) is 2.98. The van der Waals surface area contributed by atoms with Gasteiger partial charge in [-0.2, -0.15) is 5.26 Å². The Morgan fingerprint density at radius 1 is 1.71 bits per heavy atom. The Hall–Kier alpha value is -0.930. The molecular formula is C12H16N2O2S. The molecule has 2 rings (SSSR count). The van der Waals surface area contributed by atoms with Crippen LogP contribution in [0.5, 0.6) is 0 Å². The van der Waals surface area contributed by atoms with Crippen molar-refractivity contribution in [2.24, 2.45) is 0 Å². The van der Waals surface area contributed by atoms with E-state index in [4.69, 9.17) is 14.7 Å². The van der Waals surface area contributed by atoms with E-state index in [2.05, 4.69) is 11.4 Å². The van der Waals surface area contributed by atoms with Crippen LogP contribution in [0.25, 0.3) is 0 Å². The molecule has 0 amide bonds. The van der Waals surface area contributed by atoms with E-state index in [1.807, 2.05) is 11.4 Å². The molecule has 0 spiro atoms. The van der Waals surface area contributed by atoms with Crippen LogP contribution < -0.4 is 5.32 Å². The fraction of sp³-hybridized carbons (Fsp3) is 0.583. The number of thiophene rings is 1. The van der Waals surface area contributed by atoms with Gasteiger partial charge in [0.15, 0.2) is 0 Å². The summed E-state index contributed by atoms with van der Waals surface area (Å²) < 4.78 is 10.9. The monoisotopic (exact) mass is 252 g/mol. The SMILES string of the molecule is COC1(CNCc2cc(C#N)cs2)CCOC1. The van der Waals surface area contributed by atoms with Crippen molar-refractivity contribution in [3.05, 3.63) is 21.9 Å². The van der Waals surface area contributed by atoms with Crippen LogP contribution in [-0.2, 0) is 16.0 Å². The third-order valence-corrected chi connectivity index (χ3v) is 3.97. The zero-order chi connectivity index (χ0) is 12.1. The van der Waals surface area contributed by atoms with Gasteiger partial charge in [0.1, 0.15) is 11.7 Å². The summed E-state index contributed by atoms with van der Waals surface area (Å²) in [7, 11) is 1.73. The number of nitrogens with one attached hydrogen (secondary N) is 1. The minimum absolute atomic E-state index is 0.171. The highest BCUT2D eigenvalue weighted by Gasteiger charge is 2.34. The predicted molar refractivity (Wildman–Crippen MR) is 65.9 cm³/mol. The van der Waals surface area contributed by atoms with Crippen molar-refractivity contribution in [1.82, 2.24) is 5.32 Å². The molecular weight excluding hydrogens is 236 g/mol. The van der Waals surface area contributed by atoms with Gasteiger partial charge in [-0.15, -0.1) is 11.3 Å². The molecule has 1 N–H and O–H groups in total. The molecule has 1 aliphatic rings. The van der Waals surface area contributed by atoms with Gasteiger partial charge in [-0.1, -0.05) is 0 Å². The Balaban J connectivity index is 1.81. The summed E-state index contributed by atoms with van der Waals surface area (Å²) in [5, 5.41) is 14.0. The standard InChI is InChI=1S/C12H16N2O2S/c1-15-12(2-3-16-9-12)8-14-6-11-4-10(5-13)7-17-11/h4,7,14H,2-3,6,8-9H2,1H3. The fourth-order valence-electron chi connectivity index (χ4n) is 1.91. The molecule has 17 heavy (non-hydrogen) atoms. The van der Waals surface area contributed by atoms with Crippen molar-refractivity contribution >= 4 is 11.3 Å². The lowest BCUT2D eigenvalue weighted by atomic mass is 10.0. The van der Waals surface area contributed by atoms with Crippen molar-refractivity contribution in [3.63, 3.8) is 0 Å². The predicted octanol–water partition coefficient (Wildman–Crippen LogP) is 1.51. The maximum atomic E-state index is 8.73. The maximum absolute atomic E-state index is 8.73. The van der Waals surface area contributed by atoms with Crippen molar-refractivity contribution in [1.29, 1.82) is 5.26 Å². The minimum Gasteiger partial charge on any atom is -0.378 e. The van der Waals surface area contributed by atoms with Gasteiger partial charge < -0.3 is 14.8 Å². The second kappa shape index (κ2) is 5.61. The Kier molecular flexibility index (Phi) is 4.13. The van der Waals surface area contributed by atoms with Crippen LogP contribution in [0.3, 0.4) is 0 Å². The van der Waals surface area contributed by atoms with Crippen molar-refractivity contribution in [2.45, 2.75) is 18.6 Å². The molecule has 1 saturated heterocycles. The topological polar surface area (TPSA) is 54.3 Å². The van der Waals surface area contributed by atoms with E-state index < -0.39 is 0 Å². The van der Waals surface area contributed by atoms with Gasteiger partial charge in [0.25, 0.3) is 0 Å². The first-order valence-corrected chi connectivity index (χ1v) is 6.47. The molecule has 5 heteroatoms. The van der Waals surface area contributed by atoms with Gasteiger partial charge in [-0.3, -0.25) is 0 Å². The molecule has 1 aliphatic heterocycles. The van der Waals surface area contributed by atoms with Gasteiger partial charge in [0, 0.05) is 43.5 Å². The van der Waals surface area contributed by atoms with E-state index in [0.717, 1.165) is 31.7 Å². The van der Waals surface area contributed by atoms with Gasteiger partial charge in [0.2, 0.25) is 0 Å². The number of nitrogens with zero attached hydrogens (tertiary/aromatic N) is 1. The van der Waals surface area contributed by atoms with Crippen molar-refractivity contribution in [3.8, 4) is 6.07 Å². The fourth-order valence-corrected chi connectivity index (χ4v) is 2.69. The zero-order valence-corrected chi connectivity index (χ0v) is 10.7. The Bertz CT molecular complexity index is 405. The van der Waals surface area contributed by atoms with Crippen LogP contribution in [0.4, 0.5) is 0 Å². The van der Waals surface area contributed by atoms with Gasteiger partial charge >= 0.3 is 0 Å². The molecule has 1 fully saturated rings. The lowest BCUT2D eigenvalue weighted by molar-refractivity contribution is -0.0158. The average Bonchev–Trinajstić information content (AvgIpc) is 2.98. The van der Waals surface area contributed by atoms with Crippen LogP contribution in [-0.4, -0.2) is 32.5 Å². The number of hydrogen-bond acceptors (Lipinski definition) is 5. The highest BCUT2D eigenvalue weighted by Crippen LogP contribution is 2.22. The van der Waals surface area contributed by atoms with E-state index in [9.17, 15) is 0 Å². The first-order chi connectivity index (χ1) is 8.28. The number of nitriles is 1. The van der Waals surface area contributed by atoms with Crippen LogP contribution >= 0.6 is 11.3 Å². The van der Waals surface area contributed by atoms with Crippen molar-refractivity contribution in [2.75, 3.05) is 26.9 Å². The summed E-state index contributed by atoms with van der Waals surface area (Å²) in [5.41, 5.74) is 0.562. The molecule has 1 aromatic heterocycles. The number of methoxy groups -OCH3 is 1. The average molecular weight is 252 g/mol. The van der Waals surface area contributed by atoms with E-state index >= 15 is 0 Å². The summed E-state index contributed by atoms with van der Waals surface area (Å²) in [4.78, 5) is 1.17. The molecule has 92 valence electrons. The van der Waals surface area contributed by atoms with Gasteiger partial charge in [-0.05, 0) is 6.07 Å². The van der Waals surface area contributed by atoms with Crippen LogP contribution in [0, 0.1) is 11.3 Å². The second-order valence-corrected chi connectivity index (χ2v) is 5.20. The molecule has 4 nitrogen and oxygen atoms in total. The van der Waals surface area contributed by atoms with E-state index in [0.29, 0.717) is 6.61 Å². The minimum atomic E-state index is -0.171. The Morgan fingerprint density at radius 3 is 3.18 bits per heavy atom. The molecule has 1 atom stereocenters. The lowest BCUT2D eigenvalue weighted by Crippen LogP contribution is -2.42. The normalized spacial score (nSPS) is 23.8. The first kappa shape index (κ1) is 12.5. The molecule has 2 heterocycles. The summed E-state index contributed by atoms with van der Waals surface area (Å²) in [5.74, 6) is 0. The van der Waals surface area contributed by atoms with Crippen molar-refractivity contribution < 1.29 is 9.47 Å². The van der Waals surface area contributed by atoms with Crippen LogP contribution in [0.1, 0.15) is 16.9 Å². The molecule has 1 aromatic rings. The van der Waals surface area contributed by atoms with Gasteiger partial charge in [0.05, 0.1) is 12.2 Å². The number of hydrogen-bond donors (Lipinski definition) is 1. The number of rotatable bonds is 5. The first-order valence-electron chi connectivity index (χ1n) is 5.59. The molecule has 0 saturated carbocycles. The lowest BCUT2D eigenvalue weighted by Gasteiger charge is -2.25. The third-order valence-electron chi connectivity index (χ3n) is 3.03. The van der Waals surface area contributed by atoms with Crippen LogP contribution in [0.2, 0.25) is 0 Å². The highest BCUT2D eigenvalue weighted by molar-refractivity contribution is 7.10.